The minimum absolute atomic E-state index is 0.179. The smallest absolute Gasteiger partial charge is 0.271 e. The maximum absolute atomic E-state index is 13.0. The Morgan fingerprint density at radius 3 is 2.39 bits per heavy atom. The van der Waals surface area contributed by atoms with Crippen LogP contribution >= 0.6 is 0 Å². The van der Waals surface area contributed by atoms with Crippen molar-refractivity contribution >= 4 is 0 Å². The van der Waals surface area contributed by atoms with Gasteiger partial charge in [0.25, 0.3) is 0 Å². The van der Waals surface area contributed by atoms with Crippen LogP contribution in [0.2, 0.25) is 0 Å². The second-order valence-electron chi connectivity index (χ2n) is 6.17. The summed E-state index contributed by atoms with van der Waals surface area (Å²) in [5, 5.41) is 4.15. The fraction of sp³-hybridized carbons (Fsp3) is 0.846. The number of nitrogens with zero attached hydrogens (tertiary/aromatic N) is 3. The lowest BCUT2D eigenvalue weighted by Crippen LogP contribution is -2.36. The number of hydrogen-bond acceptors (Lipinski definition) is 2. The van der Waals surface area contributed by atoms with Crippen molar-refractivity contribution in [3.8, 4) is 0 Å². The fourth-order valence-electron chi connectivity index (χ4n) is 2.77. The third-order valence-corrected chi connectivity index (χ3v) is 3.60. The summed E-state index contributed by atoms with van der Waals surface area (Å²) in [7, 11) is 0. The van der Waals surface area contributed by atoms with E-state index in [1.807, 2.05) is 20.8 Å². The SMILES string of the molecule is CC(C)(C)n1c(CF)nn(CC2CCCC2)c1=O. The maximum atomic E-state index is 13.0. The van der Waals surface area contributed by atoms with Crippen molar-refractivity contribution in [1.82, 2.24) is 14.3 Å². The van der Waals surface area contributed by atoms with Crippen LogP contribution in [-0.2, 0) is 18.8 Å². The van der Waals surface area contributed by atoms with Gasteiger partial charge in [0, 0.05) is 12.1 Å². The first-order valence-corrected chi connectivity index (χ1v) is 6.68. The van der Waals surface area contributed by atoms with Crippen molar-refractivity contribution in [1.29, 1.82) is 0 Å². The van der Waals surface area contributed by atoms with Gasteiger partial charge >= 0.3 is 5.69 Å². The Morgan fingerprint density at radius 2 is 1.94 bits per heavy atom. The Hall–Kier alpha value is -1.13. The summed E-state index contributed by atoms with van der Waals surface area (Å²) in [6, 6.07) is 0. The summed E-state index contributed by atoms with van der Waals surface area (Å²) < 4.78 is 15.9. The Balaban J connectivity index is 2.32. The molecular weight excluding hydrogens is 233 g/mol. The third-order valence-electron chi connectivity index (χ3n) is 3.60. The van der Waals surface area contributed by atoms with Crippen molar-refractivity contribution < 1.29 is 4.39 Å². The van der Waals surface area contributed by atoms with E-state index < -0.39 is 12.2 Å². The Bertz CT molecular complexity index is 464. The van der Waals surface area contributed by atoms with Crippen molar-refractivity contribution in [2.24, 2.45) is 5.92 Å². The first kappa shape index (κ1) is 13.3. The topological polar surface area (TPSA) is 39.8 Å². The molecular formula is C13H22FN3O. The van der Waals surface area contributed by atoms with E-state index >= 15 is 0 Å². The van der Waals surface area contributed by atoms with E-state index in [4.69, 9.17) is 0 Å². The van der Waals surface area contributed by atoms with Gasteiger partial charge < -0.3 is 0 Å². The highest BCUT2D eigenvalue weighted by Gasteiger charge is 2.25. The summed E-state index contributed by atoms with van der Waals surface area (Å²) in [6.45, 7) is 5.64. The van der Waals surface area contributed by atoms with Crippen LogP contribution in [-0.4, -0.2) is 14.3 Å². The lowest BCUT2D eigenvalue weighted by molar-refractivity contribution is 0.342. The van der Waals surface area contributed by atoms with Crippen molar-refractivity contribution in [2.75, 3.05) is 0 Å². The molecule has 18 heavy (non-hydrogen) atoms. The van der Waals surface area contributed by atoms with Gasteiger partial charge in [0.2, 0.25) is 0 Å². The lowest BCUT2D eigenvalue weighted by Gasteiger charge is -2.20. The molecule has 0 aliphatic heterocycles. The molecule has 0 aromatic carbocycles. The van der Waals surface area contributed by atoms with Crippen LogP contribution in [0.3, 0.4) is 0 Å². The van der Waals surface area contributed by atoms with Gasteiger partial charge in [-0.2, -0.15) is 5.10 Å². The van der Waals surface area contributed by atoms with Crippen LogP contribution in [0.15, 0.2) is 4.79 Å². The van der Waals surface area contributed by atoms with Gasteiger partial charge in [-0.1, -0.05) is 12.8 Å². The fourth-order valence-corrected chi connectivity index (χ4v) is 2.77. The van der Waals surface area contributed by atoms with E-state index in [9.17, 15) is 9.18 Å². The number of halogens is 1. The molecule has 1 heterocycles. The zero-order valence-electron chi connectivity index (χ0n) is 11.4. The summed E-state index contributed by atoms with van der Waals surface area (Å²) in [6.07, 6.45) is 4.77. The van der Waals surface area contributed by atoms with Crippen LogP contribution in [0.5, 0.6) is 0 Å². The molecule has 5 heteroatoms. The highest BCUT2D eigenvalue weighted by molar-refractivity contribution is 4.92. The molecule has 0 atom stereocenters. The average molecular weight is 255 g/mol. The number of aromatic nitrogens is 3. The standard InChI is InChI=1S/C13H22FN3O/c1-13(2,3)17-11(8-14)15-16(12(17)18)9-10-6-4-5-7-10/h10H,4-9H2,1-3H3. The van der Waals surface area contributed by atoms with Crippen LogP contribution in [0, 0.1) is 5.92 Å². The molecule has 1 aliphatic rings. The quantitative estimate of drug-likeness (QED) is 0.832. The minimum atomic E-state index is -0.690. The molecule has 1 saturated carbocycles. The van der Waals surface area contributed by atoms with Crippen molar-refractivity contribution in [3.05, 3.63) is 16.3 Å². The largest absolute Gasteiger partial charge is 0.346 e. The predicted molar refractivity (Wildman–Crippen MR) is 68.3 cm³/mol. The van der Waals surface area contributed by atoms with Crippen LogP contribution in [0.25, 0.3) is 0 Å². The second kappa shape index (κ2) is 4.86. The molecule has 1 aromatic rings. The van der Waals surface area contributed by atoms with Gasteiger partial charge in [-0.05, 0) is 39.5 Å². The molecule has 0 amide bonds. The van der Waals surface area contributed by atoms with E-state index in [1.54, 1.807) is 0 Å². The molecule has 0 bridgehead atoms. The number of alkyl halides is 1. The zero-order chi connectivity index (χ0) is 13.3. The predicted octanol–water partition coefficient (Wildman–Crippen LogP) is 2.46. The van der Waals surface area contributed by atoms with Gasteiger partial charge in [0.05, 0.1) is 0 Å². The molecule has 0 radical (unpaired) electrons. The summed E-state index contributed by atoms with van der Waals surface area (Å²) in [5.74, 6) is 0.768. The lowest BCUT2D eigenvalue weighted by atomic mass is 10.1. The first-order chi connectivity index (χ1) is 8.43. The molecule has 0 unspecified atom stereocenters. The van der Waals surface area contributed by atoms with Crippen LogP contribution in [0.1, 0.15) is 52.3 Å². The molecule has 1 aliphatic carbocycles. The molecule has 0 N–H and O–H groups in total. The monoisotopic (exact) mass is 255 g/mol. The molecule has 0 spiro atoms. The highest BCUT2D eigenvalue weighted by Crippen LogP contribution is 2.25. The van der Waals surface area contributed by atoms with E-state index in [1.165, 1.54) is 22.1 Å². The highest BCUT2D eigenvalue weighted by atomic mass is 19.1. The average Bonchev–Trinajstić information content (AvgIpc) is 2.87. The normalized spacial score (nSPS) is 17.6. The van der Waals surface area contributed by atoms with E-state index in [-0.39, 0.29) is 11.5 Å². The van der Waals surface area contributed by atoms with E-state index in [2.05, 4.69) is 5.10 Å². The molecule has 102 valence electrons. The number of hydrogen-bond donors (Lipinski definition) is 0. The van der Waals surface area contributed by atoms with E-state index in [0.717, 1.165) is 12.8 Å². The molecule has 4 nitrogen and oxygen atoms in total. The number of rotatable bonds is 3. The van der Waals surface area contributed by atoms with Gasteiger partial charge in [0.1, 0.15) is 6.67 Å². The zero-order valence-corrected chi connectivity index (χ0v) is 11.4. The van der Waals surface area contributed by atoms with Gasteiger partial charge in [-0.25, -0.2) is 13.9 Å². The second-order valence-corrected chi connectivity index (χ2v) is 6.17. The third kappa shape index (κ3) is 2.49. The molecule has 0 saturated heterocycles. The van der Waals surface area contributed by atoms with Crippen LogP contribution < -0.4 is 5.69 Å². The Morgan fingerprint density at radius 1 is 1.33 bits per heavy atom. The van der Waals surface area contributed by atoms with Crippen molar-refractivity contribution in [3.63, 3.8) is 0 Å². The Kier molecular flexibility index (Phi) is 3.59. The summed E-state index contributed by atoms with van der Waals surface area (Å²) >= 11 is 0. The molecule has 2 rings (SSSR count). The Labute approximate surface area is 107 Å². The molecule has 1 aromatic heterocycles. The van der Waals surface area contributed by atoms with Crippen molar-refractivity contribution in [2.45, 2.75) is 65.2 Å². The minimum Gasteiger partial charge on any atom is -0.271 e. The summed E-state index contributed by atoms with van der Waals surface area (Å²) in [4.78, 5) is 12.3. The first-order valence-electron chi connectivity index (χ1n) is 6.68. The van der Waals surface area contributed by atoms with Gasteiger partial charge in [-0.3, -0.25) is 4.57 Å². The maximum Gasteiger partial charge on any atom is 0.346 e. The summed E-state index contributed by atoms with van der Waals surface area (Å²) in [5.41, 5.74) is -0.603. The van der Waals surface area contributed by atoms with Crippen LogP contribution in [0.4, 0.5) is 4.39 Å². The van der Waals surface area contributed by atoms with Gasteiger partial charge in [0.15, 0.2) is 5.82 Å². The molecule has 1 fully saturated rings. The van der Waals surface area contributed by atoms with Gasteiger partial charge in [-0.15, -0.1) is 0 Å². The van der Waals surface area contributed by atoms with E-state index in [0.29, 0.717) is 12.5 Å².